The van der Waals surface area contributed by atoms with Gasteiger partial charge in [0.25, 0.3) is 5.91 Å². The average molecular weight is 366 g/mol. The lowest BCUT2D eigenvalue weighted by atomic mass is 9.84. The summed E-state index contributed by atoms with van der Waals surface area (Å²) in [4.78, 5) is 30.5. The third kappa shape index (κ3) is 2.93. The maximum absolute atomic E-state index is 13.4. The first-order valence-corrected chi connectivity index (χ1v) is 9.76. The number of aromatic nitrogens is 2. The zero-order chi connectivity index (χ0) is 19.0. The molecule has 0 bridgehead atoms. The number of piperidine rings is 1. The maximum Gasteiger partial charge on any atom is 0.254 e. The molecule has 6 nitrogen and oxygen atoms in total. The topological polar surface area (TPSA) is 58.4 Å². The highest BCUT2D eigenvalue weighted by molar-refractivity contribution is 6.00. The molecule has 0 saturated carbocycles. The highest BCUT2D eigenvalue weighted by atomic mass is 16.2. The van der Waals surface area contributed by atoms with E-state index < -0.39 is 5.54 Å². The van der Waals surface area contributed by atoms with Gasteiger partial charge in [0.2, 0.25) is 5.91 Å². The fourth-order valence-corrected chi connectivity index (χ4v) is 4.53. The van der Waals surface area contributed by atoms with Crippen molar-refractivity contribution in [1.82, 2.24) is 19.6 Å². The van der Waals surface area contributed by atoms with Gasteiger partial charge in [-0.15, -0.1) is 0 Å². The molecule has 0 N–H and O–H groups in total. The van der Waals surface area contributed by atoms with Gasteiger partial charge >= 0.3 is 0 Å². The summed E-state index contributed by atoms with van der Waals surface area (Å²) < 4.78 is 1.74. The molecule has 2 saturated heterocycles. The van der Waals surface area contributed by atoms with Gasteiger partial charge in [-0.2, -0.15) is 5.10 Å². The molecule has 0 radical (unpaired) electrons. The second kappa shape index (κ2) is 6.83. The Balaban J connectivity index is 1.65. The van der Waals surface area contributed by atoms with E-state index in [2.05, 4.69) is 5.10 Å². The van der Waals surface area contributed by atoms with Gasteiger partial charge in [-0.05, 0) is 63.8 Å². The van der Waals surface area contributed by atoms with E-state index in [1.54, 1.807) is 10.9 Å². The summed E-state index contributed by atoms with van der Waals surface area (Å²) in [6.07, 6.45) is 6.92. The van der Waals surface area contributed by atoms with Crippen molar-refractivity contribution >= 4 is 11.8 Å². The number of hydrogen-bond acceptors (Lipinski definition) is 3. The first-order chi connectivity index (χ1) is 13.0. The highest BCUT2D eigenvalue weighted by Gasteiger charge is 2.53. The lowest BCUT2D eigenvalue weighted by molar-refractivity contribution is -0.147. The summed E-state index contributed by atoms with van der Waals surface area (Å²) in [5.41, 5.74) is 0.790. The van der Waals surface area contributed by atoms with Crippen LogP contribution in [0.1, 0.15) is 49.9 Å². The van der Waals surface area contributed by atoms with Crippen molar-refractivity contribution in [3.05, 3.63) is 48.3 Å². The molecule has 2 aliphatic rings. The van der Waals surface area contributed by atoms with Crippen molar-refractivity contribution in [3.8, 4) is 5.69 Å². The zero-order valence-electron chi connectivity index (χ0n) is 16.0. The van der Waals surface area contributed by atoms with E-state index in [0.29, 0.717) is 12.1 Å². The van der Waals surface area contributed by atoms with E-state index in [4.69, 9.17) is 0 Å². The van der Waals surface area contributed by atoms with Gasteiger partial charge < -0.3 is 9.80 Å². The van der Waals surface area contributed by atoms with Crippen LogP contribution in [0.25, 0.3) is 5.69 Å². The second-order valence-corrected chi connectivity index (χ2v) is 7.79. The Bertz CT molecular complexity index is 846. The molecule has 1 spiro atoms. The Hall–Kier alpha value is -2.63. The van der Waals surface area contributed by atoms with Crippen LogP contribution in [0.15, 0.2) is 42.7 Å². The average Bonchev–Trinajstić information content (AvgIpc) is 3.34. The number of hydrogen-bond donors (Lipinski definition) is 0. The van der Waals surface area contributed by atoms with Crippen LogP contribution in [0.4, 0.5) is 0 Å². The Morgan fingerprint density at radius 2 is 1.93 bits per heavy atom. The normalized spacial score (nSPS) is 22.9. The first-order valence-electron chi connectivity index (χ1n) is 9.76. The van der Waals surface area contributed by atoms with Crippen LogP contribution in [0.3, 0.4) is 0 Å². The van der Waals surface area contributed by atoms with E-state index in [1.165, 1.54) is 0 Å². The molecular formula is C21H26N4O2. The quantitative estimate of drug-likeness (QED) is 0.839. The molecule has 1 atom stereocenters. The van der Waals surface area contributed by atoms with Gasteiger partial charge in [-0.3, -0.25) is 9.59 Å². The van der Waals surface area contributed by atoms with Crippen LogP contribution in [-0.4, -0.2) is 56.1 Å². The Kier molecular flexibility index (Phi) is 4.50. The van der Waals surface area contributed by atoms with Crippen LogP contribution in [0.5, 0.6) is 0 Å². The summed E-state index contributed by atoms with van der Waals surface area (Å²) in [6.45, 7) is 5.52. The van der Waals surface area contributed by atoms with Crippen molar-refractivity contribution in [2.75, 3.05) is 13.1 Å². The fourth-order valence-electron chi connectivity index (χ4n) is 4.53. The Morgan fingerprint density at radius 1 is 1.15 bits per heavy atom. The first kappa shape index (κ1) is 17.8. The van der Waals surface area contributed by atoms with Crippen LogP contribution >= 0.6 is 0 Å². The van der Waals surface area contributed by atoms with Crippen molar-refractivity contribution in [1.29, 1.82) is 0 Å². The summed E-state index contributed by atoms with van der Waals surface area (Å²) >= 11 is 0. The molecule has 1 unspecified atom stereocenters. The summed E-state index contributed by atoms with van der Waals surface area (Å²) in [7, 11) is 0. The molecule has 27 heavy (non-hydrogen) atoms. The van der Waals surface area contributed by atoms with E-state index in [0.717, 1.165) is 37.9 Å². The number of benzene rings is 1. The summed E-state index contributed by atoms with van der Waals surface area (Å²) in [6, 6.07) is 9.50. The highest BCUT2D eigenvalue weighted by Crippen LogP contribution is 2.39. The lowest BCUT2D eigenvalue weighted by Crippen LogP contribution is -2.62. The lowest BCUT2D eigenvalue weighted by Gasteiger charge is -2.46. The number of rotatable bonds is 3. The van der Waals surface area contributed by atoms with Crippen LogP contribution < -0.4 is 0 Å². The fraction of sp³-hybridized carbons (Fsp3) is 0.476. The molecule has 142 valence electrons. The van der Waals surface area contributed by atoms with Gasteiger partial charge in [0.1, 0.15) is 5.54 Å². The van der Waals surface area contributed by atoms with Crippen molar-refractivity contribution < 1.29 is 9.59 Å². The van der Waals surface area contributed by atoms with Crippen LogP contribution in [0.2, 0.25) is 0 Å². The third-order valence-electron chi connectivity index (χ3n) is 5.87. The molecule has 3 heterocycles. The van der Waals surface area contributed by atoms with Gasteiger partial charge in [-0.25, -0.2) is 4.68 Å². The predicted octanol–water partition coefficient (Wildman–Crippen LogP) is 2.88. The minimum atomic E-state index is -0.665. The van der Waals surface area contributed by atoms with Gasteiger partial charge in [0, 0.05) is 37.1 Å². The number of carbonyl (C=O) groups is 2. The van der Waals surface area contributed by atoms with Gasteiger partial charge in [-0.1, -0.05) is 6.07 Å². The van der Waals surface area contributed by atoms with Crippen LogP contribution in [0, 0.1) is 0 Å². The Labute approximate surface area is 159 Å². The number of nitrogens with zero attached hydrogens (tertiary/aromatic N) is 4. The standard InChI is InChI=1S/C21H26N4O2/c1-16(2)23-12-4-9-21(20(23)27)10-5-13-24(21)19(26)17-7-3-8-18(15-17)25-14-6-11-22-25/h3,6-8,11,14-16H,4-5,9-10,12-13H2,1-2H3. The molecule has 4 rings (SSSR count). The summed E-state index contributed by atoms with van der Waals surface area (Å²) in [5, 5.41) is 4.24. The minimum Gasteiger partial charge on any atom is -0.338 e. The molecule has 0 aliphatic carbocycles. The van der Waals surface area contributed by atoms with Gasteiger partial charge in [0.15, 0.2) is 0 Å². The molecule has 1 aromatic heterocycles. The van der Waals surface area contributed by atoms with Crippen LogP contribution in [-0.2, 0) is 4.79 Å². The largest absolute Gasteiger partial charge is 0.338 e. The SMILES string of the molecule is CC(C)N1CCCC2(CCCN2C(=O)c2cccc(-n3cccn3)c2)C1=O. The monoisotopic (exact) mass is 366 g/mol. The van der Waals surface area contributed by atoms with Gasteiger partial charge in [0.05, 0.1) is 5.69 Å². The molecule has 2 aliphatic heterocycles. The molecule has 2 aromatic rings. The molecule has 2 amide bonds. The van der Waals surface area contributed by atoms with E-state index in [9.17, 15) is 9.59 Å². The zero-order valence-corrected chi connectivity index (χ0v) is 16.0. The molecule has 1 aromatic carbocycles. The smallest absolute Gasteiger partial charge is 0.254 e. The third-order valence-corrected chi connectivity index (χ3v) is 5.87. The number of likely N-dealkylation sites (tertiary alicyclic amines) is 2. The van der Waals surface area contributed by atoms with Crippen molar-refractivity contribution in [2.24, 2.45) is 0 Å². The molecule has 2 fully saturated rings. The predicted molar refractivity (Wildman–Crippen MR) is 103 cm³/mol. The molecular weight excluding hydrogens is 340 g/mol. The molecule has 6 heteroatoms. The summed E-state index contributed by atoms with van der Waals surface area (Å²) in [5.74, 6) is 0.0679. The maximum atomic E-state index is 13.4. The number of carbonyl (C=O) groups excluding carboxylic acids is 2. The Morgan fingerprint density at radius 3 is 2.63 bits per heavy atom. The van der Waals surface area contributed by atoms with E-state index >= 15 is 0 Å². The second-order valence-electron chi connectivity index (χ2n) is 7.79. The van der Waals surface area contributed by atoms with Crippen molar-refractivity contribution in [3.63, 3.8) is 0 Å². The van der Waals surface area contributed by atoms with E-state index in [-0.39, 0.29) is 17.9 Å². The number of amides is 2. The van der Waals surface area contributed by atoms with Crippen molar-refractivity contribution in [2.45, 2.75) is 51.1 Å². The van der Waals surface area contributed by atoms with E-state index in [1.807, 2.05) is 60.2 Å². The minimum absolute atomic E-state index is 0.0551.